The Bertz CT molecular complexity index is 990. The van der Waals surface area contributed by atoms with Crippen molar-refractivity contribution in [1.29, 1.82) is 0 Å². The Morgan fingerprint density at radius 1 is 0.605 bits per heavy atom. The Morgan fingerprint density at radius 3 is 1.56 bits per heavy atom. The third kappa shape index (κ3) is 14.6. The van der Waals surface area contributed by atoms with Gasteiger partial charge < -0.3 is 26.8 Å². The fourth-order valence-corrected chi connectivity index (χ4v) is 5.56. The molecule has 6 N–H and O–H groups in total. The number of hydrogen-bond donors (Lipinski definition) is 3. The maximum absolute atomic E-state index is 6.06. The molecule has 0 radical (unpaired) electrons. The lowest BCUT2D eigenvalue weighted by Crippen LogP contribution is -2.34. The van der Waals surface area contributed by atoms with Gasteiger partial charge >= 0.3 is 0 Å². The smallest absolute Gasteiger partial charge is 0.144 e. The van der Waals surface area contributed by atoms with E-state index in [1.54, 1.807) is 0 Å². The van der Waals surface area contributed by atoms with E-state index >= 15 is 0 Å². The monoisotopic (exact) mass is 597 g/mol. The van der Waals surface area contributed by atoms with E-state index in [0.29, 0.717) is 17.4 Å². The number of nitrogens with zero attached hydrogens (tertiary/aromatic N) is 1. The summed E-state index contributed by atoms with van der Waals surface area (Å²) in [6, 6.07) is 10.3. The zero-order valence-corrected chi connectivity index (χ0v) is 29.3. The quantitative estimate of drug-likeness (QED) is 0.132. The maximum Gasteiger partial charge on any atom is 0.144 e. The highest BCUT2D eigenvalue weighted by molar-refractivity contribution is 5.63. The number of aryl methyl sites for hydroxylation is 2. The fourth-order valence-electron chi connectivity index (χ4n) is 5.56. The second kappa shape index (κ2) is 22.0. The molecule has 2 rings (SSSR count). The van der Waals surface area contributed by atoms with Gasteiger partial charge in [0.15, 0.2) is 0 Å². The number of rotatable bonds is 20. The second-order valence-corrected chi connectivity index (χ2v) is 12.8. The van der Waals surface area contributed by atoms with E-state index in [-0.39, 0.29) is 0 Å². The largest absolute Gasteiger partial charge is 0.491 e. The Hall–Kier alpha value is -2.56. The minimum absolute atomic E-state index is 0.604. The molecular weight excluding hydrogens is 528 g/mol. The third-order valence-electron chi connectivity index (χ3n) is 9.08. The lowest BCUT2D eigenvalue weighted by Gasteiger charge is -2.33. The molecular formula is C38H68N4O. The zero-order chi connectivity index (χ0) is 32.2. The first kappa shape index (κ1) is 38.5. The number of nitrogen functional groups attached to an aromatic ring is 3. The van der Waals surface area contributed by atoms with Crippen LogP contribution in [0.2, 0.25) is 0 Å². The SMILES string of the molecule is CCCCC(CC)CN(CC(CC)CCCC)c1ccc(N)c(C)c1.CCCCC(CC)COc1cc(N)c(C)cc1N. The van der Waals surface area contributed by atoms with Crippen molar-refractivity contribution in [3.05, 3.63) is 41.5 Å². The highest BCUT2D eigenvalue weighted by Gasteiger charge is 2.18. The van der Waals surface area contributed by atoms with Gasteiger partial charge in [-0.15, -0.1) is 0 Å². The van der Waals surface area contributed by atoms with Gasteiger partial charge in [0.2, 0.25) is 0 Å². The molecule has 3 atom stereocenters. The van der Waals surface area contributed by atoms with E-state index in [9.17, 15) is 0 Å². The van der Waals surface area contributed by atoms with Crippen LogP contribution in [0.3, 0.4) is 0 Å². The zero-order valence-electron chi connectivity index (χ0n) is 29.3. The van der Waals surface area contributed by atoms with Gasteiger partial charge in [-0.25, -0.2) is 0 Å². The van der Waals surface area contributed by atoms with Crippen molar-refractivity contribution in [2.75, 3.05) is 41.8 Å². The van der Waals surface area contributed by atoms with Crippen LogP contribution in [0.4, 0.5) is 22.7 Å². The molecule has 5 heteroatoms. The van der Waals surface area contributed by atoms with Gasteiger partial charge in [-0.2, -0.15) is 0 Å². The van der Waals surface area contributed by atoms with E-state index in [1.807, 2.05) is 19.1 Å². The van der Waals surface area contributed by atoms with Gasteiger partial charge in [0.1, 0.15) is 5.75 Å². The Kier molecular flexibility index (Phi) is 19.7. The number of unbranched alkanes of at least 4 members (excludes halogenated alkanes) is 3. The van der Waals surface area contributed by atoms with Crippen molar-refractivity contribution < 1.29 is 4.74 Å². The van der Waals surface area contributed by atoms with Crippen LogP contribution in [0.1, 0.15) is 130 Å². The molecule has 0 fully saturated rings. The predicted molar refractivity (Wildman–Crippen MR) is 193 cm³/mol. The van der Waals surface area contributed by atoms with Gasteiger partial charge in [0, 0.05) is 36.2 Å². The van der Waals surface area contributed by atoms with Crippen LogP contribution in [-0.4, -0.2) is 19.7 Å². The molecule has 0 amide bonds. The van der Waals surface area contributed by atoms with Crippen molar-refractivity contribution in [3.63, 3.8) is 0 Å². The molecule has 0 aromatic heterocycles. The summed E-state index contributed by atoms with van der Waals surface area (Å²) in [6.45, 7) is 20.9. The molecule has 2 aromatic rings. The molecule has 0 bridgehead atoms. The summed E-state index contributed by atoms with van der Waals surface area (Å²) in [5, 5.41) is 0. The van der Waals surface area contributed by atoms with Crippen molar-refractivity contribution in [1.82, 2.24) is 0 Å². The minimum Gasteiger partial charge on any atom is -0.491 e. The average molecular weight is 597 g/mol. The van der Waals surface area contributed by atoms with Crippen LogP contribution in [0.15, 0.2) is 30.3 Å². The first-order valence-corrected chi connectivity index (χ1v) is 17.5. The molecule has 0 saturated heterocycles. The van der Waals surface area contributed by atoms with Crippen LogP contribution < -0.4 is 26.8 Å². The first-order chi connectivity index (χ1) is 20.6. The molecule has 0 heterocycles. The average Bonchev–Trinajstić information content (AvgIpc) is 3.00. The van der Waals surface area contributed by atoms with Gasteiger partial charge in [0.25, 0.3) is 0 Å². The highest BCUT2D eigenvalue weighted by Crippen LogP contribution is 2.29. The Labute approximate surface area is 266 Å². The molecule has 3 unspecified atom stereocenters. The molecule has 0 saturated carbocycles. The molecule has 0 aliphatic rings. The first-order valence-electron chi connectivity index (χ1n) is 17.5. The second-order valence-electron chi connectivity index (χ2n) is 12.8. The molecule has 5 nitrogen and oxygen atoms in total. The summed E-state index contributed by atoms with van der Waals surface area (Å²) in [7, 11) is 0. The molecule has 43 heavy (non-hydrogen) atoms. The maximum atomic E-state index is 6.06. The lowest BCUT2D eigenvalue weighted by atomic mass is 9.95. The summed E-state index contributed by atoms with van der Waals surface area (Å²) >= 11 is 0. The van der Waals surface area contributed by atoms with Crippen LogP contribution >= 0.6 is 0 Å². The number of ether oxygens (including phenoxy) is 1. The third-order valence-corrected chi connectivity index (χ3v) is 9.08. The molecule has 2 aromatic carbocycles. The van der Waals surface area contributed by atoms with E-state index in [0.717, 1.165) is 41.8 Å². The molecule has 0 spiro atoms. The predicted octanol–water partition coefficient (Wildman–Crippen LogP) is 10.6. The normalized spacial score (nSPS) is 13.1. The Morgan fingerprint density at radius 2 is 1.09 bits per heavy atom. The summed E-state index contributed by atoms with van der Waals surface area (Å²) in [5.41, 5.74) is 23.7. The summed E-state index contributed by atoms with van der Waals surface area (Å²) in [6.07, 6.45) is 15.4. The van der Waals surface area contributed by atoms with E-state index < -0.39 is 0 Å². The Balaban J connectivity index is 0.000000453. The van der Waals surface area contributed by atoms with Crippen LogP contribution in [0.25, 0.3) is 0 Å². The highest BCUT2D eigenvalue weighted by atomic mass is 16.5. The summed E-state index contributed by atoms with van der Waals surface area (Å²) in [4.78, 5) is 2.65. The number of hydrogen-bond acceptors (Lipinski definition) is 5. The molecule has 0 aliphatic heterocycles. The van der Waals surface area contributed by atoms with Crippen molar-refractivity contribution in [2.24, 2.45) is 17.8 Å². The summed E-state index contributed by atoms with van der Waals surface area (Å²) < 4.78 is 5.82. The van der Waals surface area contributed by atoms with E-state index in [2.05, 4.69) is 71.6 Å². The summed E-state index contributed by atoms with van der Waals surface area (Å²) in [5.74, 6) is 2.91. The topological polar surface area (TPSA) is 90.5 Å². The van der Waals surface area contributed by atoms with Gasteiger partial charge in [-0.05, 0) is 86.3 Å². The van der Waals surface area contributed by atoms with Crippen molar-refractivity contribution >= 4 is 22.7 Å². The van der Waals surface area contributed by atoms with Crippen molar-refractivity contribution in [3.8, 4) is 5.75 Å². The van der Waals surface area contributed by atoms with Crippen molar-refractivity contribution in [2.45, 2.75) is 132 Å². The van der Waals surface area contributed by atoms with Gasteiger partial charge in [-0.3, -0.25) is 0 Å². The van der Waals surface area contributed by atoms with E-state index in [4.69, 9.17) is 21.9 Å². The minimum atomic E-state index is 0.604. The van der Waals surface area contributed by atoms with E-state index in [1.165, 1.54) is 95.0 Å². The van der Waals surface area contributed by atoms with Crippen LogP contribution in [0.5, 0.6) is 5.75 Å². The fraction of sp³-hybridized carbons (Fsp3) is 0.684. The molecule has 0 aliphatic carbocycles. The number of anilines is 4. The number of benzene rings is 2. The van der Waals surface area contributed by atoms with Crippen LogP contribution in [0, 0.1) is 31.6 Å². The van der Waals surface area contributed by atoms with Gasteiger partial charge in [0.05, 0.1) is 12.3 Å². The lowest BCUT2D eigenvalue weighted by molar-refractivity contribution is 0.234. The number of nitrogens with two attached hydrogens (primary N) is 3. The molecule has 246 valence electrons. The van der Waals surface area contributed by atoms with Crippen LogP contribution in [-0.2, 0) is 0 Å². The van der Waals surface area contributed by atoms with Gasteiger partial charge in [-0.1, -0.05) is 99.3 Å². The standard InChI is InChI=1S/C23H42N2.C15H26N2O/c1-6-10-12-20(8-3)17-25(18-21(9-4)13-11-7-2)22-14-15-23(24)19(5)16-22;1-4-6-7-12(5-2)10-18-15-9-13(16)11(3)8-14(15)17/h14-16,20-21H,6-13,17-18,24H2,1-5H3;8-9,12H,4-7,10,16-17H2,1-3H3.